The molecule has 3 heterocycles. The van der Waals surface area contributed by atoms with Gasteiger partial charge in [0.1, 0.15) is 6.04 Å². The molecule has 0 radical (unpaired) electrons. The van der Waals surface area contributed by atoms with Gasteiger partial charge in [0.25, 0.3) is 0 Å². The lowest BCUT2D eigenvalue weighted by Gasteiger charge is -2.39. The first kappa shape index (κ1) is 23.4. The van der Waals surface area contributed by atoms with E-state index in [9.17, 15) is 13.2 Å². The van der Waals surface area contributed by atoms with Crippen LogP contribution in [0, 0.1) is 0 Å². The molecule has 29 heavy (non-hydrogen) atoms. The van der Waals surface area contributed by atoms with Gasteiger partial charge in [-0.15, -0.1) is 24.0 Å². The van der Waals surface area contributed by atoms with Crippen molar-refractivity contribution in [3.05, 3.63) is 42.4 Å². The molecule has 0 spiro atoms. The summed E-state index contributed by atoms with van der Waals surface area (Å²) in [5.41, 5.74) is 1.01. The Morgan fingerprint density at radius 3 is 2.55 bits per heavy atom. The largest absolute Gasteiger partial charge is 0.403 e. The van der Waals surface area contributed by atoms with Crippen molar-refractivity contribution in [1.29, 1.82) is 0 Å². The van der Waals surface area contributed by atoms with Crippen molar-refractivity contribution in [3.8, 4) is 5.82 Å². The maximum atomic E-state index is 12.9. The van der Waals surface area contributed by atoms with Gasteiger partial charge in [-0.25, -0.2) is 9.67 Å². The van der Waals surface area contributed by atoms with Crippen LogP contribution < -0.4 is 5.32 Å². The molecule has 1 atom stereocenters. The van der Waals surface area contributed by atoms with E-state index in [0.29, 0.717) is 44.5 Å². The highest BCUT2D eigenvalue weighted by Crippen LogP contribution is 2.25. The summed E-state index contributed by atoms with van der Waals surface area (Å²) in [7, 11) is 1.68. The van der Waals surface area contributed by atoms with Crippen LogP contribution >= 0.6 is 24.0 Å². The van der Waals surface area contributed by atoms with Crippen LogP contribution in [0.5, 0.6) is 0 Å². The number of hydrogen-bond acceptors (Lipinski definition) is 4. The van der Waals surface area contributed by atoms with Crippen molar-refractivity contribution in [3.63, 3.8) is 0 Å². The zero-order valence-electron chi connectivity index (χ0n) is 16.3. The molecule has 0 saturated carbocycles. The van der Waals surface area contributed by atoms with Gasteiger partial charge in [-0.3, -0.25) is 9.89 Å². The second-order valence-corrected chi connectivity index (χ2v) is 6.61. The van der Waals surface area contributed by atoms with Crippen molar-refractivity contribution in [1.82, 2.24) is 29.9 Å². The molecular formula is C18H25F3IN7. The van der Waals surface area contributed by atoms with Crippen molar-refractivity contribution >= 4 is 29.9 Å². The Balaban J connectivity index is 0.00000300. The lowest BCUT2D eigenvalue weighted by molar-refractivity contribution is -0.181. The number of rotatable bonds is 4. The molecule has 1 aliphatic heterocycles. The van der Waals surface area contributed by atoms with Gasteiger partial charge in [0, 0.05) is 58.4 Å². The third-order valence-electron chi connectivity index (χ3n) is 4.85. The maximum Gasteiger partial charge on any atom is 0.403 e. The number of aliphatic imine (C=N–C) groups is 1. The lowest BCUT2D eigenvalue weighted by Crippen LogP contribution is -2.56. The molecule has 1 saturated heterocycles. The zero-order chi connectivity index (χ0) is 20.1. The fraction of sp³-hybridized carbons (Fsp3) is 0.500. The molecule has 0 aliphatic carbocycles. The highest BCUT2D eigenvalue weighted by Gasteiger charge is 2.41. The molecule has 1 unspecified atom stereocenters. The number of nitrogens with one attached hydrogen (secondary N) is 1. The molecule has 1 aliphatic rings. The number of nitrogens with zero attached hydrogens (tertiary/aromatic N) is 6. The van der Waals surface area contributed by atoms with Crippen LogP contribution in [0.4, 0.5) is 13.2 Å². The fourth-order valence-electron chi connectivity index (χ4n) is 3.14. The minimum absolute atomic E-state index is 0. The Morgan fingerprint density at radius 1 is 1.24 bits per heavy atom. The Morgan fingerprint density at radius 2 is 1.97 bits per heavy atom. The van der Waals surface area contributed by atoms with Crippen molar-refractivity contribution in [2.45, 2.75) is 25.7 Å². The number of hydrogen-bond donors (Lipinski definition) is 1. The molecule has 2 aromatic rings. The number of alkyl halides is 3. The van der Waals surface area contributed by atoms with E-state index in [0.717, 1.165) is 5.56 Å². The van der Waals surface area contributed by atoms with Gasteiger partial charge >= 0.3 is 6.18 Å². The number of piperazine rings is 1. The molecule has 11 heteroatoms. The highest BCUT2D eigenvalue weighted by atomic mass is 127. The van der Waals surface area contributed by atoms with Crippen LogP contribution in [0.2, 0.25) is 0 Å². The van der Waals surface area contributed by atoms with E-state index in [1.165, 1.54) is 11.8 Å². The van der Waals surface area contributed by atoms with Gasteiger partial charge in [0.2, 0.25) is 0 Å². The molecule has 0 bridgehead atoms. The van der Waals surface area contributed by atoms with Crippen LogP contribution in [-0.4, -0.2) is 76.0 Å². The molecule has 1 N–H and O–H groups in total. The quantitative estimate of drug-likeness (QED) is 0.380. The van der Waals surface area contributed by atoms with Gasteiger partial charge in [-0.05, 0) is 30.7 Å². The van der Waals surface area contributed by atoms with Crippen LogP contribution in [-0.2, 0) is 6.54 Å². The highest BCUT2D eigenvalue weighted by molar-refractivity contribution is 14.0. The number of halogens is 4. The monoisotopic (exact) mass is 523 g/mol. The predicted molar refractivity (Wildman–Crippen MR) is 116 cm³/mol. The first-order valence-corrected chi connectivity index (χ1v) is 9.10. The van der Waals surface area contributed by atoms with Crippen LogP contribution in [0.15, 0.2) is 41.8 Å². The third-order valence-corrected chi connectivity index (χ3v) is 4.85. The zero-order valence-corrected chi connectivity index (χ0v) is 18.6. The summed E-state index contributed by atoms with van der Waals surface area (Å²) < 4.78 is 40.4. The summed E-state index contributed by atoms with van der Waals surface area (Å²) in [5, 5.41) is 7.45. The molecule has 7 nitrogen and oxygen atoms in total. The minimum atomic E-state index is -4.20. The van der Waals surface area contributed by atoms with E-state index in [1.807, 2.05) is 29.3 Å². The Hall–Kier alpha value is -1.89. The predicted octanol–water partition coefficient (Wildman–Crippen LogP) is 2.53. The summed E-state index contributed by atoms with van der Waals surface area (Å²) in [6.45, 7) is 3.43. The molecule has 2 aromatic heterocycles. The summed E-state index contributed by atoms with van der Waals surface area (Å²) in [5.74, 6) is 1.39. The van der Waals surface area contributed by atoms with Gasteiger partial charge in [-0.2, -0.15) is 18.3 Å². The molecule has 1 fully saturated rings. The summed E-state index contributed by atoms with van der Waals surface area (Å²) in [6, 6.07) is 4.22. The van der Waals surface area contributed by atoms with Crippen LogP contribution in [0.25, 0.3) is 5.82 Å². The molecular weight excluding hydrogens is 498 g/mol. The average molecular weight is 523 g/mol. The van der Waals surface area contributed by atoms with Crippen molar-refractivity contribution in [2.24, 2.45) is 4.99 Å². The topological polar surface area (TPSA) is 61.6 Å². The summed E-state index contributed by atoms with van der Waals surface area (Å²) in [4.78, 5) is 12.0. The van der Waals surface area contributed by atoms with Crippen molar-refractivity contribution < 1.29 is 13.2 Å². The second kappa shape index (κ2) is 10.2. The fourth-order valence-corrected chi connectivity index (χ4v) is 3.14. The van der Waals surface area contributed by atoms with E-state index < -0.39 is 12.2 Å². The van der Waals surface area contributed by atoms with Crippen LogP contribution in [0.1, 0.15) is 12.5 Å². The Kier molecular flexibility index (Phi) is 8.25. The minimum Gasteiger partial charge on any atom is -0.352 e. The van der Waals surface area contributed by atoms with Gasteiger partial charge in [0.05, 0.1) is 0 Å². The summed E-state index contributed by atoms with van der Waals surface area (Å²) in [6.07, 6.45) is 1.03. The SMILES string of the molecule is CN=C(NCc1ccnc(-n2cccn2)c1)N1CCN(C(C)C(F)(F)F)CC1.I. The van der Waals surface area contributed by atoms with Gasteiger partial charge in [-0.1, -0.05) is 0 Å². The second-order valence-electron chi connectivity index (χ2n) is 6.61. The molecule has 3 rings (SSSR count). The maximum absolute atomic E-state index is 12.9. The smallest absolute Gasteiger partial charge is 0.352 e. The van der Waals surface area contributed by atoms with E-state index in [2.05, 4.69) is 20.4 Å². The van der Waals surface area contributed by atoms with E-state index in [4.69, 9.17) is 0 Å². The molecule has 0 aromatic carbocycles. The average Bonchev–Trinajstić information content (AvgIpc) is 3.23. The van der Waals surface area contributed by atoms with Gasteiger partial charge < -0.3 is 10.2 Å². The first-order valence-electron chi connectivity index (χ1n) is 9.10. The number of aromatic nitrogens is 3. The number of guanidine groups is 1. The Bertz CT molecular complexity index is 787. The number of pyridine rings is 1. The Labute approximate surface area is 185 Å². The molecule has 160 valence electrons. The first-order chi connectivity index (χ1) is 13.4. The molecule has 0 amide bonds. The third kappa shape index (κ3) is 6.04. The standard InChI is InChI=1S/C18H24F3N7.HI/c1-14(18(19,20)21)26-8-10-27(11-9-26)17(22-2)24-13-15-4-6-23-16(12-15)28-7-3-5-25-28;/h3-7,12,14H,8-11,13H2,1-2H3,(H,22,24);1H. The van der Waals surface area contributed by atoms with E-state index >= 15 is 0 Å². The van der Waals surface area contributed by atoms with Crippen LogP contribution in [0.3, 0.4) is 0 Å². The summed E-state index contributed by atoms with van der Waals surface area (Å²) >= 11 is 0. The van der Waals surface area contributed by atoms with E-state index in [1.54, 1.807) is 24.1 Å². The van der Waals surface area contributed by atoms with Crippen molar-refractivity contribution in [2.75, 3.05) is 33.2 Å². The van der Waals surface area contributed by atoms with Gasteiger partial charge in [0.15, 0.2) is 11.8 Å². The lowest BCUT2D eigenvalue weighted by atomic mass is 10.2. The van der Waals surface area contributed by atoms with E-state index in [-0.39, 0.29) is 24.0 Å². The normalized spacial score (nSPS) is 17.0.